The van der Waals surface area contributed by atoms with Crippen LogP contribution in [0.25, 0.3) is 0 Å². The highest BCUT2D eigenvalue weighted by Gasteiger charge is 2.53. The van der Waals surface area contributed by atoms with Crippen molar-refractivity contribution in [2.24, 2.45) is 0 Å². The molecule has 0 spiro atoms. The van der Waals surface area contributed by atoms with E-state index in [4.69, 9.17) is 0 Å². The van der Waals surface area contributed by atoms with Gasteiger partial charge >= 0.3 is 6.18 Å². The van der Waals surface area contributed by atoms with Gasteiger partial charge in [0.05, 0.1) is 0 Å². The van der Waals surface area contributed by atoms with Crippen LogP contribution in [0.5, 0.6) is 0 Å². The van der Waals surface area contributed by atoms with Crippen molar-refractivity contribution in [2.45, 2.75) is 65.1 Å². The summed E-state index contributed by atoms with van der Waals surface area (Å²) < 4.78 is 66.8. The van der Waals surface area contributed by atoms with Gasteiger partial charge in [0.15, 0.2) is 5.69 Å². The maximum atomic E-state index is 13.8. The number of hydrogen-bond donors (Lipinski definition) is 0. The molecule has 1 aliphatic rings. The van der Waals surface area contributed by atoms with Crippen LogP contribution in [0.4, 0.5) is 22.0 Å². The van der Waals surface area contributed by atoms with Crippen molar-refractivity contribution in [3.63, 3.8) is 0 Å². The Morgan fingerprint density at radius 3 is 2.15 bits per heavy atom. The number of nitrogens with zero attached hydrogens (tertiary/aromatic N) is 2. The van der Waals surface area contributed by atoms with Gasteiger partial charge < -0.3 is 0 Å². The molecule has 20 heavy (non-hydrogen) atoms. The first-order valence-corrected chi connectivity index (χ1v) is 6.63. The molecule has 2 nitrogen and oxygen atoms in total. The van der Waals surface area contributed by atoms with Gasteiger partial charge in [0.1, 0.15) is 5.69 Å². The number of hydrogen-bond acceptors (Lipinski definition) is 1. The predicted molar refractivity (Wildman–Crippen MR) is 65.9 cm³/mol. The first-order valence-electron chi connectivity index (χ1n) is 6.63. The van der Waals surface area contributed by atoms with Gasteiger partial charge in [-0.05, 0) is 19.8 Å². The summed E-state index contributed by atoms with van der Waals surface area (Å²) in [6.45, 7) is 8.44. The third-order valence-electron chi connectivity index (χ3n) is 3.11. The SMILES string of the molecule is CC.CC(C)n1nc(C(F)(F)F)c2c1C(F)(F)C[C@H]2C. The van der Waals surface area contributed by atoms with E-state index >= 15 is 0 Å². The molecule has 0 amide bonds. The molecule has 0 radical (unpaired) electrons. The van der Waals surface area contributed by atoms with Gasteiger partial charge in [0, 0.05) is 18.0 Å². The number of rotatable bonds is 1. The van der Waals surface area contributed by atoms with Crippen molar-refractivity contribution in [1.29, 1.82) is 0 Å². The van der Waals surface area contributed by atoms with Gasteiger partial charge in [-0.25, -0.2) is 0 Å². The maximum Gasteiger partial charge on any atom is 0.435 e. The largest absolute Gasteiger partial charge is 0.435 e. The van der Waals surface area contributed by atoms with Crippen molar-refractivity contribution in [1.82, 2.24) is 9.78 Å². The molecule has 1 heterocycles. The average Bonchev–Trinajstić information content (AvgIpc) is 2.79. The highest BCUT2D eigenvalue weighted by molar-refractivity contribution is 5.39. The van der Waals surface area contributed by atoms with Gasteiger partial charge in [-0.15, -0.1) is 0 Å². The molecule has 1 atom stereocenters. The second-order valence-corrected chi connectivity index (χ2v) is 4.96. The van der Waals surface area contributed by atoms with Gasteiger partial charge in [0.25, 0.3) is 5.92 Å². The smallest absolute Gasteiger partial charge is 0.260 e. The third kappa shape index (κ3) is 2.67. The van der Waals surface area contributed by atoms with Crippen LogP contribution in [0.1, 0.15) is 70.0 Å². The minimum absolute atomic E-state index is 0.346. The molecule has 116 valence electrons. The zero-order valence-electron chi connectivity index (χ0n) is 12.1. The molecule has 0 saturated carbocycles. The van der Waals surface area contributed by atoms with Crippen molar-refractivity contribution < 1.29 is 22.0 Å². The Kier molecular flexibility index (Phi) is 4.51. The van der Waals surface area contributed by atoms with Crippen LogP contribution in [-0.2, 0) is 12.1 Å². The van der Waals surface area contributed by atoms with Crippen molar-refractivity contribution in [2.75, 3.05) is 0 Å². The van der Waals surface area contributed by atoms with Crippen LogP contribution < -0.4 is 0 Å². The molecule has 7 heteroatoms. The zero-order valence-corrected chi connectivity index (χ0v) is 12.1. The summed E-state index contributed by atoms with van der Waals surface area (Å²) in [4.78, 5) is 0. The molecule has 0 fully saturated rings. The molecule has 0 N–H and O–H groups in total. The van der Waals surface area contributed by atoms with Crippen molar-refractivity contribution in [3.8, 4) is 0 Å². The Balaban J connectivity index is 0.000000956. The molecule has 1 aromatic heterocycles. The molecule has 0 aliphatic heterocycles. The van der Waals surface area contributed by atoms with Crippen LogP contribution in [0, 0.1) is 0 Å². The van der Waals surface area contributed by atoms with Crippen LogP contribution in [-0.4, -0.2) is 9.78 Å². The van der Waals surface area contributed by atoms with Gasteiger partial charge in [-0.2, -0.15) is 27.1 Å². The molecule has 1 aromatic rings. The number of halogens is 5. The summed E-state index contributed by atoms with van der Waals surface area (Å²) in [5.41, 5.74) is -2.09. The number of fused-ring (bicyclic) bond motifs is 1. The molecule has 2 rings (SSSR count). The van der Waals surface area contributed by atoms with Gasteiger partial charge in [0.2, 0.25) is 0 Å². The first kappa shape index (κ1) is 16.9. The van der Waals surface area contributed by atoms with E-state index in [9.17, 15) is 22.0 Å². The molecule has 0 bridgehead atoms. The number of alkyl halides is 5. The lowest BCUT2D eigenvalue weighted by molar-refractivity contribution is -0.142. The lowest BCUT2D eigenvalue weighted by atomic mass is 10.0. The highest BCUT2D eigenvalue weighted by Crippen LogP contribution is 2.52. The van der Waals surface area contributed by atoms with Gasteiger partial charge in [-0.3, -0.25) is 4.68 Å². The van der Waals surface area contributed by atoms with Crippen LogP contribution in [0.2, 0.25) is 0 Å². The van der Waals surface area contributed by atoms with Crippen molar-refractivity contribution >= 4 is 0 Å². The summed E-state index contributed by atoms with van der Waals surface area (Å²) in [6.07, 6.45) is -5.28. The topological polar surface area (TPSA) is 17.8 Å². The fourth-order valence-corrected chi connectivity index (χ4v) is 2.44. The Morgan fingerprint density at radius 1 is 1.25 bits per heavy atom. The molecular formula is C13H19F5N2. The van der Waals surface area contributed by atoms with E-state index in [-0.39, 0.29) is 5.56 Å². The summed E-state index contributed by atoms with van der Waals surface area (Å²) in [6, 6.07) is -0.536. The Hall–Kier alpha value is -1.14. The maximum absolute atomic E-state index is 13.8. The van der Waals surface area contributed by atoms with Crippen LogP contribution in [0.15, 0.2) is 0 Å². The fraction of sp³-hybridized carbons (Fsp3) is 0.769. The zero-order chi connectivity index (χ0) is 15.9. The quantitative estimate of drug-likeness (QED) is 0.659. The molecule has 0 saturated heterocycles. The Labute approximate surface area is 115 Å². The molecule has 0 unspecified atom stereocenters. The van der Waals surface area contributed by atoms with Crippen molar-refractivity contribution in [3.05, 3.63) is 17.0 Å². The summed E-state index contributed by atoms with van der Waals surface area (Å²) in [5, 5.41) is 3.36. The molecular weight excluding hydrogens is 279 g/mol. The standard InChI is InChI=1S/C11H13F5N2.C2H6/c1-5(2)18-9-7(6(3)4-10(9,12)13)8(17-18)11(14,15)16;1-2/h5-6H,4H2,1-3H3;1-2H3/t6-;/m1./s1. The lowest BCUT2D eigenvalue weighted by Crippen LogP contribution is -2.18. The predicted octanol–water partition coefficient (Wildman–Crippen LogP) is 5.11. The number of aromatic nitrogens is 2. The van der Waals surface area contributed by atoms with E-state index in [1.165, 1.54) is 20.8 Å². The normalized spacial score (nSPS) is 20.6. The van der Waals surface area contributed by atoms with Crippen LogP contribution in [0.3, 0.4) is 0 Å². The monoisotopic (exact) mass is 298 g/mol. The highest BCUT2D eigenvalue weighted by atomic mass is 19.4. The second kappa shape index (κ2) is 5.33. The Morgan fingerprint density at radius 2 is 1.75 bits per heavy atom. The summed E-state index contributed by atoms with van der Waals surface area (Å²) in [5.74, 6) is -4.07. The second-order valence-electron chi connectivity index (χ2n) is 4.96. The fourth-order valence-electron chi connectivity index (χ4n) is 2.44. The van der Waals surface area contributed by atoms with Gasteiger partial charge in [-0.1, -0.05) is 20.8 Å². The van der Waals surface area contributed by atoms with E-state index in [2.05, 4.69) is 5.10 Å². The van der Waals surface area contributed by atoms with E-state index in [1.807, 2.05) is 13.8 Å². The summed E-state index contributed by atoms with van der Waals surface area (Å²) in [7, 11) is 0. The Bertz CT molecular complexity index is 474. The lowest BCUT2D eigenvalue weighted by Gasteiger charge is -2.16. The minimum atomic E-state index is -4.70. The first-order chi connectivity index (χ1) is 9.05. The minimum Gasteiger partial charge on any atom is -0.260 e. The molecule has 1 aliphatic carbocycles. The van der Waals surface area contributed by atoms with Crippen LogP contribution >= 0.6 is 0 Å². The van der Waals surface area contributed by atoms with E-state index < -0.39 is 41.9 Å². The summed E-state index contributed by atoms with van der Waals surface area (Å²) >= 11 is 0. The average molecular weight is 298 g/mol. The van der Waals surface area contributed by atoms with E-state index in [0.29, 0.717) is 0 Å². The molecule has 0 aromatic carbocycles. The van der Waals surface area contributed by atoms with E-state index in [0.717, 1.165) is 4.68 Å². The van der Waals surface area contributed by atoms with E-state index in [1.54, 1.807) is 0 Å². The third-order valence-corrected chi connectivity index (χ3v) is 3.11.